The minimum atomic E-state index is -0.119. The molecule has 1 aromatic heterocycles. The van der Waals surface area contributed by atoms with E-state index < -0.39 is 0 Å². The van der Waals surface area contributed by atoms with Crippen molar-refractivity contribution in [2.24, 2.45) is 0 Å². The van der Waals surface area contributed by atoms with Crippen molar-refractivity contribution in [3.05, 3.63) is 53.7 Å². The van der Waals surface area contributed by atoms with Crippen LogP contribution in [0.25, 0.3) is 0 Å². The van der Waals surface area contributed by atoms with E-state index in [1.54, 1.807) is 25.4 Å². The highest BCUT2D eigenvalue weighted by molar-refractivity contribution is 5.94. The van der Waals surface area contributed by atoms with Gasteiger partial charge in [0.1, 0.15) is 11.6 Å². The Morgan fingerprint density at radius 3 is 2.90 bits per heavy atom. The van der Waals surface area contributed by atoms with Gasteiger partial charge in [-0.25, -0.2) is 4.98 Å². The maximum atomic E-state index is 12.3. The highest BCUT2D eigenvalue weighted by atomic mass is 16.5. The van der Waals surface area contributed by atoms with Crippen molar-refractivity contribution >= 4 is 11.7 Å². The lowest BCUT2D eigenvalue weighted by atomic mass is 10.0. The quantitative estimate of drug-likeness (QED) is 0.908. The first-order chi connectivity index (χ1) is 10.3. The Hall–Kier alpha value is -2.56. The lowest BCUT2D eigenvalue weighted by Gasteiger charge is -2.26. The molecule has 0 saturated carbocycles. The number of aromatic nitrogens is 1. The van der Waals surface area contributed by atoms with Gasteiger partial charge in [0.15, 0.2) is 0 Å². The molecule has 3 rings (SSSR count). The summed E-state index contributed by atoms with van der Waals surface area (Å²) in [6, 6.07) is 11.3. The molecule has 0 fully saturated rings. The predicted molar refractivity (Wildman–Crippen MR) is 80.5 cm³/mol. The van der Waals surface area contributed by atoms with Gasteiger partial charge >= 0.3 is 0 Å². The summed E-state index contributed by atoms with van der Waals surface area (Å²) >= 11 is 0. The molecule has 2 N–H and O–H groups in total. The van der Waals surface area contributed by atoms with Crippen molar-refractivity contribution in [2.75, 3.05) is 19.0 Å². The number of nitrogens with zero attached hydrogens (tertiary/aromatic N) is 1. The number of ether oxygens (including phenoxy) is 1. The van der Waals surface area contributed by atoms with E-state index in [1.807, 2.05) is 24.3 Å². The Morgan fingerprint density at radius 1 is 1.29 bits per heavy atom. The Bertz CT molecular complexity index is 640. The number of hydrogen-bond donors (Lipinski definition) is 2. The van der Waals surface area contributed by atoms with Crippen LogP contribution in [0.2, 0.25) is 0 Å². The summed E-state index contributed by atoms with van der Waals surface area (Å²) in [6.45, 7) is 0.610. The molecule has 1 amide bonds. The summed E-state index contributed by atoms with van der Waals surface area (Å²) < 4.78 is 5.60. The van der Waals surface area contributed by atoms with Crippen LogP contribution >= 0.6 is 0 Å². The molecule has 0 spiro atoms. The second-order valence-electron chi connectivity index (χ2n) is 4.88. The lowest BCUT2D eigenvalue weighted by molar-refractivity contribution is 0.0924. The zero-order valence-electron chi connectivity index (χ0n) is 11.8. The Morgan fingerprint density at radius 2 is 2.14 bits per heavy atom. The molecular formula is C16H17N3O2. The summed E-state index contributed by atoms with van der Waals surface area (Å²) in [4.78, 5) is 16.5. The molecule has 1 unspecified atom stereocenters. The van der Waals surface area contributed by atoms with Crippen molar-refractivity contribution in [2.45, 2.75) is 12.5 Å². The molecular weight excluding hydrogens is 266 g/mol. The summed E-state index contributed by atoms with van der Waals surface area (Å²) in [5, 5.41) is 5.98. The van der Waals surface area contributed by atoms with Gasteiger partial charge in [0.2, 0.25) is 0 Å². The Balaban J connectivity index is 1.76. The number of amides is 1. The number of hydrogen-bond acceptors (Lipinski definition) is 4. The van der Waals surface area contributed by atoms with Gasteiger partial charge in [-0.3, -0.25) is 4.79 Å². The topological polar surface area (TPSA) is 63.2 Å². The minimum absolute atomic E-state index is 0.0218. The SMILES string of the molecule is CNc1ccc(C(=O)NC2CCOc3ccccc32)cn1. The molecule has 1 aromatic carbocycles. The van der Waals surface area contributed by atoms with E-state index in [0.29, 0.717) is 12.2 Å². The van der Waals surface area contributed by atoms with Crippen LogP contribution in [0.3, 0.4) is 0 Å². The third-order valence-corrected chi connectivity index (χ3v) is 3.55. The fraction of sp³-hybridized carbons (Fsp3) is 0.250. The van der Waals surface area contributed by atoms with E-state index >= 15 is 0 Å². The van der Waals surface area contributed by atoms with E-state index in [-0.39, 0.29) is 11.9 Å². The zero-order valence-corrected chi connectivity index (χ0v) is 11.8. The predicted octanol–water partition coefficient (Wildman–Crippen LogP) is 2.38. The van der Waals surface area contributed by atoms with Crippen LogP contribution < -0.4 is 15.4 Å². The van der Waals surface area contributed by atoms with Crippen LogP contribution in [0.4, 0.5) is 5.82 Å². The molecule has 2 heterocycles. The second-order valence-corrected chi connectivity index (χ2v) is 4.88. The summed E-state index contributed by atoms with van der Waals surface area (Å²) in [5.74, 6) is 1.47. The molecule has 1 atom stereocenters. The number of pyridine rings is 1. The third kappa shape index (κ3) is 2.81. The first-order valence-electron chi connectivity index (χ1n) is 6.94. The molecule has 0 aliphatic carbocycles. The molecule has 21 heavy (non-hydrogen) atoms. The van der Waals surface area contributed by atoms with Crippen LogP contribution in [0.5, 0.6) is 5.75 Å². The highest BCUT2D eigenvalue weighted by Gasteiger charge is 2.23. The van der Waals surface area contributed by atoms with Gasteiger partial charge in [-0.1, -0.05) is 18.2 Å². The lowest BCUT2D eigenvalue weighted by Crippen LogP contribution is -2.32. The number of rotatable bonds is 3. The first kappa shape index (κ1) is 13.4. The highest BCUT2D eigenvalue weighted by Crippen LogP contribution is 2.31. The van der Waals surface area contributed by atoms with Crippen molar-refractivity contribution < 1.29 is 9.53 Å². The van der Waals surface area contributed by atoms with Gasteiger partial charge in [-0.2, -0.15) is 0 Å². The van der Waals surface area contributed by atoms with Crippen LogP contribution in [-0.2, 0) is 0 Å². The largest absolute Gasteiger partial charge is 0.493 e. The smallest absolute Gasteiger partial charge is 0.253 e. The third-order valence-electron chi connectivity index (χ3n) is 3.55. The van der Waals surface area contributed by atoms with Crippen LogP contribution in [0.1, 0.15) is 28.4 Å². The fourth-order valence-electron chi connectivity index (χ4n) is 2.41. The second kappa shape index (κ2) is 5.83. The molecule has 5 heteroatoms. The molecule has 0 radical (unpaired) electrons. The average Bonchev–Trinajstić information content (AvgIpc) is 2.55. The molecule has 108 valence electrons. The molecule has 2 aromatic rings. The molecule has 0 bridgehead atoms. The van der Waals surface area contributed by atoms with E-state index in [4.69, 9.17) is 4.74 Å². The van der Waals surface area contributed by atoms with Crippen molar-refractivity contribution in [1.82, 2.24) is 10.3 Å². The number of para-hydroxylation sites is 1. The average molecular weight is 283 g/mol. The van der Waals surface area contributed by atoms with Crippen molar-refractivity contribution in [3.8, 4) is 5.75 Å². The van der Waals surface area contributed by atoms with Gasteiger partial charge in [0.25, 0.3) is 5.91 Å². The van der Waals surface area contributed by atoms with E-state index in [9.17, 15) is 4.79 Å². The maximum Gasteiger partial charge on any atom is 0.253 e. The number of anilines is 1. The fourth-order valence-corrected chi connectivity index (χ4v) is 2.41. The Labute approximate surface area is 123 Å². The van der Waals surface area contributed by atoms with Gasteiger partial charge in [0, 0.05) is 25.2 Å². The number of benzene rings is 1. The number of fused-ring (bicyclic) bond motifs is 1. The number of nitrogens with one attached hydrogen (secondary N) is 2. The maximum absolute atomic E-state index is 12.3. The number of carbonyl (C=O) groups excluding carboxylic acids is 1. The summed E-state index contributed by atoms with van der Waals surface area (Å²) in [7, 11) is 1.79. The Kier molecular flexibility index (Phi) is 3.73. The van der Waals surface area contributed by atoms with Crippen molar-refractivity contribution in [1.29, 1.82) is 0 Å². The number of carbonyl (C=O) groups is 1. The van der Waals surface area contributed by atoms with Crippen molar-refractivity contribution in [3.63, 3.8) is 0 Å². The minimum Gasteiger partial charge on any atom is -0.493 e. The van der Waals surface area contributed by atoms with E-state index in [0.717, 1.165) is 23.6 Å². The monoisotopic (exact) mass is 283 g/mol. The van der Waals surface area contributed by atoms with E-state index in [2.05, 4.69) is 15.6 Å². The molecule has 1 aliphatic heterocycles. The van der Waals surface area contributed by atoms with Gasteiger partial charge in [-0.15, -0.1) is 0 Å². The normalized spacial score (nSPS) is 16.5. The molecule has 5 nitrogen and oxygen atoms in total. The van der Waals surface area contributed by atoms with Gasteiger partial charge < -0.3 is 15.4 Å². The van der Waals surface area contributed by atoms with Gasteiger partial charge in [0.05, 0.1) is 18.2 Å². The van der Waals surface area contributed by atoms with Crippen LogP contribution in [-0.4, -0.2) is 24.5 Å². The van der Waals surface area contributed by atoms with Gasteiger partial charge in [-0.05, 0) is 18.2 Å². The zero-order chi connectivity index (χ0) is 14.7. The van der Waals surface area contributed by atoms with Crippen LogP contribution in [0.15, 0.2) is 42.6 Å². The molecule has 1 aliphatic rings. The van der Waals surface area contributed by atoms with Crippen LogP contribution in [0, 0.1) is 0 Å². The standard InChI is InChI=1S/C16H17N3O2/c1-17-15-7-6-11(10-18-15)16(20)19-13-8-9-21-14-5-3-2-4-12(13)14/h2-7,10,13H,8-9H2,1H3,(H,17,18)(H,19,20). The molecule has 0 saturated heterocycles. The van der Waals surface area contributed by atoms with E-state index in [1.165, 1.54) is 0 Å². The summed E-state index contributed by atoms with van der Waals surface area (Å²) in [5.41, 5.74) is 1.58. The first-order valence-corrected chi connectivity index (χ1v) is 6.94. The summed E-state index contributed by atoms with van der Waals surface area (Å²) in [6.07, 6.45) is 2.34.